The molecule has 4 rings (SSSR count). The summed E-state index contributed by atoms with van der Waals surface area (Å²) in [5.41, 5.74) is 1.34. The zero-order valence-corrected chi connectivity index (χ0v) is 13.4. The van der Waals surface area contributed by atoms with Crippen molar-refractivity contribution in [1.29, 1.82) is 0 Å². The van der Waals surface area contributed by atoms with E-state index in [1.165, 1.54) is 0 Å². The van der Waals surface area contributed by atoms with Gasteiger partial charge in [0.25, 0.3) is 0 Å². The third-order valence-electron chi connectivity index (χ3n) is 3.59. The van der Waals surface area contributed by atoms with Gasteiger partial charge in [0.2, 0.25) is 10.0 Å². The van der Waals surface area contributed by atoms with Crippen molar-refractivity contribution >= 4 is 26.7 Å². The van der Waals surface area contributed by atoms with Gasteiger partial charge in [0.15, 0.2) is 17.1 Å². The largest absolute Gasteiger partial charge is 0.486 e. The summed E-state index contributed by atoms with van der Waals surface area (Å²) in [6.45, 7) is 0.922. The van der Waals surface area contributed by atoms with E-state index in [1.54, 1.807) is 36.4 Å². The molecule has 8 heteroatoms. The molecule has 1 aliphatic rings. The van der Waals surface area contributed by atoms with E-state index in [0.717, 1.165) is 0 Å². The van der Waals surface area contributed by atoms with Crippen molar-refractivity contribution in [2.45, 2.75) is 5.75 Å². The molecule has 1 aromatic heterocycles. The summed E-state index contributed by atoms with van der Waals surface area (Å²) in [5.74, 6) is 0.846. The van der Waals surface area contributed by atoms with Crippen LogP contribution in [0.15, 0.2) is 47.0 Å². The fourth-order valence-corrected chi connectivity index (χ4v) is 3.67. The second-order valence-corrected chi connectivity index (χ2v) is 7.07. The van der Waals surface area contributed by atoms with Crippen LogP contribution in [-0.4, -0.2) is 26.8 Å². The van der Waals surface area contributed by atoms with Gasteiger partial charge >= 0.3 is 0 Å². The molecule has 7 nitrogen and oxygen atoms in total. The van der Waals surface area contributed by atoms with Gasteiger partial charge in [-0.3, -0.25) is 4.72 Å². The van der Waals surface area contributed by atoms with E-state index < -0.39 is 10.0 Å². The summed E-state index contributed by atoms with van der Waals surface area (Å²) >= 11 is 0. The first kappa shape index (κ1) is 14.8. The number of hydrogen-bond acceptors (Lipinski definition) is 6. The van der Waals surface area contributed by atoms with E-state index in [-0.39, 0.29) is 5.75 Å². The quantitative estimate of drug-likeness (QED) is 0.781. The Hall–Kier alpha value is -2.74. The highest BCUT2D eigenvalue weighted by Gasteiger charge is 2.19. The van der Waals surface area contributed by atoms with Crippen molar-refractivity contribution in [3.63, 3.8) is 0 Å². The minimum atomic E-state index is -3.64. The van der Waals surface area contributed by atoms with Crippen molar-refractivity contribution in [3.05, 3.63) is 48.2 Å². The minimum absolute atomic E-state index is 0.279. The Balaban J connectivity index is 1.57. The van der Waals surface area contributed by atoms with Gasteiger partial charge in [-0.1, -0.05) is 17.3 Å². The maximum atomic E-state index is 12.4. The Kier molecular flexibility index (Phi) is 3.53. The number of fused-ring (bicyclic) bond motifs is 2. The molecule has 0 aliphatic carbocycles. The highest BCUT2D eigenvalue weighted by molar-refractivity contribution is 7.91. The lowest BCUT2D eigenvalue weighted by Gasteiger charge is -2.19. The molecule has 24 heavy (non-hydrogen) atoms. The summed E-state index contributed by atoms with van der Waals surface area (Å²) in [7, 11) is -3.64. The second-order valence-electron chi connectivity index (χ2n) is 5.35. The Morgan fingerprint density at radius 1 is 1.04 bits per heavy atom. The van der Waals surface area contributed by atoms with Crippen LogP contribution in [0.5, 0.6) is 11.5 Å². The molecule has 0 saturated heterocycles. The molecule has 1 N–H and O–H groups in total. The molecule has 0 amide bonds. The molecule has 0 radical (unpaired) electrons. The number of benzene rings is 2. The number of para-hydroxylation sites is 1. The zero-order chi connectivity index (χ0) is 16.6. The zero-order valence-electron chi connectivity index (χ0n) is 12.6. The number of nitrogens with one attached hydrogen (secondary N) is 1. The van der Waals surface area contributed by atoms with Gasteiger partial charge < -0.3 is 14.0 Å². The normalized spacial score (nSPS) is 13.8. The average Bonchev–Trinajstić information content (AvgIpc) is 2.97. The third-order valence-corrected chi connectivity index (χ3v) is 4.79. The monoisotopic (exact) mass is 346 g/mol. The molecule has 0 bridgehead atoms. The molecule has 0 saturated carbocycles. The predicted molar refractivity (Wildman–Crippen MR) is 87.7 cm³/mol. The number of aromatic nitrogens is 1. The standard InChI is InChI=1S/C16H14N2O5S/c19-24(20,10-13-12-3-1-2-4-14(12)23-17-13)18-11-5-6-15-16(9-11)22-8-7-21-15/h1-6,9,18H,7-8,10H2. The van der Waals surface area contributed by atoms with Crippen LogP contribution in [0.4, 0.5) is 5.69 Å². The first-order valence-corrected chi connectivity index (χ1v) is 8.99. The lowest BCUT2D eigenvalue weighted by molar-refractivity contribution is 0.171. The van der Waals surface area contributed by atoms with Crippen LogP contribution < -0.4 is 14.2 Å². The lowest BCUT2D eigenvalue weighted by Crippen LogP contribution is -2.17. The minimum Gasteiger partial charge on any atom is -0.486 e. The molecule has 1 aliphatic heterocycles. The molecule has 124 valence electrons. The van der Waals surface area contributed by atoms with Gasteiger partial charge in [-0.2, -0.15) is 0 Å². The Labute approximate surface area is 138 Å². The second kappa shape index (κ2) is 5.72. The topological polar surface area (TPSA) is 90.7 Å². The van der Waals surface area contributed by atoms with Crippen LogP contribution in [0.1, 0.15) is 5.69 Å². The Morgan fingerprint density at radius 3 is 2.71 bits per heavy atom. The van der Waals surface area contributed by atoms with Crippen molar-refractivity contribution in [2.24, 2.45) is 0 Å². The van der Waals surface area contributed by atoms with Crippen molar-refractivity contribution < 1.29 is 22.4 Å². The molecule has 0 unspecified atom stereocenters. The Morgan fingerprint density at radius 2 is 1.83 bits per heavy atom. The lowest BCUT2D eigenvalue weighted by atomic mass is 10.2. The summed E-state index contributed by atoms with van der Waals surface area (Å²) in [5, 5.41) is 4.54. The van der Waals surface area contributed by atoms with Crippen LogP contribution in [-0.2, 0) is 15.8 Å². The van der Waals surface area contributed by atoms with Crippen LogP contribution >= 0.6 is 0 Å². The molecule has 0 atom stereocenters. The number of nitrogens with zero attached hydrogens (tertiary/aromatic N) is 1. The highest BCUT2D eigenvalue weighted by Crippen LogP contribution is 2.33. The number of sulfonamides is 1. The summed E-state index contributed by atoms with van der Waals surface area (Å²) in [4.78, 5) is 0. The van der Waals surface area contributed by atoms with Crippen LogP contribution in [0.2, 0.25) is 0 Å². The van der Waals surface area contributed by atoms with E-state index in [4.69, 9.17) is 14.0 Å². The van der Waals surface area contributed by atoms with Crippen LogP contribution in [0.25, 0.3) is 11.0 Å². The summed E-state index contributed by atoms with van der Waals surface area (Å²) in [6, 6.07) is 12.0. The third kappa shape index (κ3) is 2.88. The first-order chi connectivity index (χ1) is 11.6. The SMILES string of the molecule is O=S(=O)(Cc1noc2ccccc12)Nc1ccc2c(c1)OCCO2. The highest BCUT2D eigenvalue weighted by atomic mass is 32.2. The number of anilines is 1. The van der Waals surface area contributed by atoms with Gasteiger partial charge in [0, 0.05) is 11.5 Å². The van der Waals surface area contributed by atoms with Gasteiger partial charge in [-0.15, -0.1) is 0 Å². The number of ether oxygens (including phenoxy) is 2. The van der Waals surface area contributed by atoms with Gasteiger partial charge in [0.1, 0.15) is 24.7 Å². The molecule has 2 aromatic carbocycles. The molecular formula is C16H14N2O5S. The van der Waals surface area contributed by atoms with Crippen molar-refractivity contribution in [2.75, 3.05) is 17.9 Å². The number of rotatable bonds is 4. The maximum Gasteiger partial charge on any atom is 0.238 e. The fraction of sp³-hybridized carbons (Fsp3) is 0.188. The van der Waals surface area contributed by atoms with E-state index >= 15 is 0 Å². The first-order valence-electron chi connectivity index (χ1n) is 7.34. The van der Waals surface area contributed by atoms with Gasteiger partial charge in [-0.25, -0.2) is 8.42 Å². The molecular weight excluding hydrogens is 332 g/mol. The molecule has 0 spiro atoms. The van der Waals surface area contributed by atoms with E-state index in [2.05, 4.69) is 9.88 Å². The Bertz CT molecular complexity index is 997. The molecule has 3 aromatic rings. The molecule has 2 heterocycles. The van der Waals surface area contributed by atoms with Crippen LogP contribution in [0.3, 0.4) is 0 Å². The van der Waals surface area contributed by atoms with Crippen molar-refractivity contribution in [1.82, 2.24) is 5.16 Å². The smallest absolute Gasteiger partial charge is 0.238 e. The molecule has 0 fully saturated rings. The summed E-state index contributed by atoms with van der Waals surface area (Å²) < 4.78 is 43.4. The summed E-state index contributed by atoms with van der Waals surface area (Å²) in [6.07, 6.45) is 0. The van der Waals surface area contributed by atoms with Gasteiger partial charge in [0.05, 0.1) is 5.69 Å². The van der Waals surface area contributed by atoms with E-state index in [0.29, 0.717) is 47.1 Å². The number of hydrogen-bond donors (Lipinski definition) is 1. The van der Waals surface area contributed by atoms with Crippen LogP contribution in [0, 0.1) is 0 Å². The maximum absolute atomic E-state index is 12.4. The van der Waals surface area contributed by atoms with Crippen molar-refractivity contribution in [3.8, 4) is 11.5 Å². The fourth-order valence-electron chi connectivity index (χ4n) is 2.54. The van der Waals surface area contributed by atoms with E-state index in [1.807, 2.05) is 6.07 Å². The van der Waals surface area contributed by atoms with E-state index in [9.17, 15) is 8.42 Å². The average molecular weight is 346 g/mol. The predicted octanol–water partition coefficient (Wildman–Crippen LogP) is 2.54. The van der Waals surface area contributed by atoms with Gasteiger partial charge in [-0.05, 0) is 24.3 Å².